The second-order valence-corrected chi connectivity index (χ2v) is 4.94. The lowest BCUT2D eigenvalue weighted by molar-refractivity contribution is -0.118. The van der Waals surface area contributed by atoms with Gasteiger partial charge in [0.25, 0.3) is 5.91 Å². The zero-order chi connectivity index (χ0) is 15.2. The largest absolute Gasteiger partial charge is 0.482 e. The standard InChI is InChI=1S/C15H11Cl2NO3/c16-11-3-1-2-4-13(11)18-15(20)9-21-14-6-5-10(8-19)7-12(14)17/h1-8H,9H2,(H,18,20). The number of halogens is 2. The summed E-state index contributed by atoms with van der Waals surface area (Å²) in [5.74, 6) is -0.0322. The average molecular weight is 324 g/mol. The van der Waals surface area contributed by atoms with Gasteiger partial charge in [-0.05, 0) is 30.3 Å². The Kier molecular flexibility index (Phi) is 5.20. The van der Waals surface area contributed by atoms with Gasteiger partial charge in [0.15, 0.2) is 6.61 Å². The number of amides is 1. The molecule has 1 N–H and O–H groups in total. The molecule has 0 unspecified atom stereocenters. The van der Waals surface area contributed by atoms with Crippen molar-refractivity contribution in [3.63, 3.8) is 0 Å². The van der Waals surface area contributed by atoms with Crippen LogP contribution in [0.5, 0.6) is 5.75 Å². The van der Waals surface area contributed by atoms with E-state index in [0.717, 1.165) is 0 Å². The lowest BCUT2D eigenvalue weighted by atomic mass is 10.2. The maximum atomic E-state index is 11.8. The third kappa shape index (κ3) is 4.21. The predicted molar refractivity (Wildman–Crippen MR) is 82.4 cm³/mol. The Hall–Kier alpha value is -2.04. The lowest BCUT2D eigenvalue weighted by Crippen LogP contribution is -2.20. The molecule has 2 aromatic rings. The summed E-state index contributed by atoms with van der Waals surface area (Å²) in [6, 6.07) is 11.4. The molecule has 4 nitrogen and oxygen atoms in total. The molecule has 0 spiro atoms. The van der Waals surface area contributed by atoms with Crippen molar-refractivity contribution in [2.45, 2.75) is 0 Å². The number of benzene rings is 2. The summed E-state index contributed by atoms with van der Waals surface area (Å²) in [4.78, 5) is 22.4. The van der Waals surface area contributed by atoms with E-state index in [4.69, 9.17) is 27.9 Å². The molecular formula is C15H11Cl2NO3. The van der Waals surface area contributed by atoms with Crippen molar-refractivity contribution >= 4 is 41.1 Å². The van der Waals surface area contributed by atoms with Gasteiger partial charge >= 0.3 is 0 Å². The quantitative estimate of drug-likeness (QED) is 0.851. The fraction of sp³-hybridized carbons (Fsp3) is 0.0667. The first kappa shape index (κ1) is 15.4. The minimum atomic E-state index is -0.362. The smallest absolute Gasteiger partial charge is 0.262 e. The minimum Gasteiger partial charge on any atom is -0.482 e. The third-order valence-electron chi connectivity index (χ3n) is 2.60. The van der Waals surface area contributed by atoms with Gasteiger partial charge in [0.2, 0.25) is 0 Å². The topological polar surface area (TPSA) is 55.4 Å². The van der Waals surface area contributed by atoms with Gasteiger partial charge in [0, 0.05) is 5.56 Å². The van der Waals surface area contributed by atoms with Crippen molar-refractivity contribution in [3.8, 4) is 5.75 Å². The summed E-state index contributed by atoms with van der Waals surface area (Å²) in [5.41, 5.74) is 0.947. The van der Waals surface area contributed by atoms with Crippen molar-refractivity contribution in [1.82, 2.24) is 0 Å². The zero-order valence-corrected chi connectivity index (χ0v) is 12.3. The van der Waals surface area contributed by atoms with Crippen molar-refractivity contribution < 1.29 is 14.3 Å². The molecule has 0 atom stereocenters. The van der Waals surface area contributed by atoms with Crippen LogP contribution in [0.25, 0.3) is 0 Å². The van der Waals surface area contributed by atoms with Gasteiger partial charge < -0.3 is 10.1 Å². The summed E-state index contributed by atoms with van der Waals surface area (Å²) >= 11 is 11.9. The Bertz CT molecular complexity index is 674. The molecule has 2 rings (SSSR count). The molecule has 2 aromatic carbocycles. The van der Waals surface area contributed by atoms with E-state index >= 15 is 0 Å². The highest BCUT2D eigenvalue weighted by Crippen LogP contribution is 2.25. The molecule has 0 aliphatic heterocycles. The molecule has 0 fully saturated rings. The van der Waals surface area contributed by atoms with Crippen LogP contribution in [0.4, 0.5) is 5.69 Å². The van der Waals surface area contributed by atoms with E-state index in [1.807, 2.05) is 0 Å². The fourth-order valence-corrected chi connectivity index (χ4v) is 2.03. The Morgan fingerprint density at radius 3 is 2.57 bits per heavy atom. The van der Waals surface area contributed by atoms with E-state index < -0.39 is 0 Å². The Morgan fingerprint density at radius 1 is 1.14 bits per heavy atom. The maximum absolute atomic E-state index is 11.8. The SMILES string of the molecule is O=Cc1ccc(OCC(=O)Nc2ccccc2Cl)c(Cl)c1. The Balaban J connectivity index is 1.95. The number of hydrogen-bond donors (Lipinski definition) is 1. The van der Waals surface area contributed by atoms with Crippen molar-refractivity contribution in [2.24, 2.45) is 0 Å². The van der Waals surface area contributed by atoms with Crippen LogP contribution in [0.3, 0.4) is 0 Å². The average Bonchev–Trinajstić information content (AvgIpc) is 2.48. The molecule has 0 saturated heterocycles. The molecule has 0 aromatic heterocycles. The zero-order valence-electron chi connectivity index (χ0n) is 10.8. The summed E-state index contributed by atoms with van der Waals surface area (Å²) in [6.45, 7) is -0.217. The first-order valence-electron chi connectivity index (χ1n) is 6.02. The molecule has 0 heterocycles. The Morgan fingerprint density at radius 2 is 1.90 bits per heavy atom. The highest BCUT2D eigenvalue weighted by Gasteiger charge is 2.08. The first-order chi connectivity index (χ1) is 10.1. The van der Waals surface area contributed by atoms with E-state index in [1.165, 1.54) is 12.1 Å². The lowest BCUT2D eigenvalue weighted by Gasteiger charge is -2.09. The summed E-state index contributed by atoms with van der Waals surface area (Å²) in [5, 5.41) is 3.34. The second kappa shape index (κ2) is 7.11. The molecular weight excluding hydrogens is 313 g/mol. The highest BCUT2D eigenvalue weighted by atomic mass is 35.5. The van der Waals surface area contributed by atoms with Crippen LogP contribution in [0.2, 0.25) is 10.0 Å². The third-order valence-corrected chi connectivity index (χ3v) is 3.22. The monoisotopic (exact) mass is 323 g/mol. The number of ether oxygens (including phenoxy) is 1. The van der Waals surface area contributed by atoms with Gasteiger partial charge in [-0.15, -0.1) is 0 Å². The number of nitrogens with one attached hydrogen (secondary N) is 1. The maximum Gasteiger partial charge on any atom is 0.262 e. The summed E-state index contributed by atoms with van der Waals surface area (Å²) in [6.07, 6.45) is 0.680. The van der Waals surface area contributed by atoms with Gasteiger partial charge in [-0.3, -0.25) is 9.59 Å². The van der Waals surface area contributed by atoms with Crippen molar-refractivity contribution in [1.29, 1.82) is 0 Å². The Labute approximate surface area is 131 Å². The number of aldehydes is 1. The minimum absolute atomic E-state index is 0.217. The molecule has 21 heavy (non-hydrogen) atoms. The van der Waals surface area contributed by atoms with Gasteiger partial charge in [-0.2, -0.15) is 0 Å². The van der Waals surface area contributed by atoms with Crippen LogP contribution in [-0.2, 0) is 4.79 Å². The van der Waals surface area contributed by atoms with E-state index in [-0.39, 0.29) is 17.5 Å². The van der Waals surface area contributed by atoms with E-state index in [9.17, 15) is 9.59 Å². The summed E-state index contributed by atoms with van der Waals surface area (Å²) in [7, 11) is 0. The highest BCUT2D eigenvalue weighted by molar-refractivity contribution is 6.33. The van der Waals surface area contributed by atoms with Crippen LogP contribution in [0, 0.1) is 0 Å². The predicted octanol–water partition coefficient (Wildman–Crippen LogP) is 3.82. The van der Waals surface area contributed by atoms with Crippen LogP contribution in [0.1, 0.15) is 10.4 Å². The number of hydrogen-bond acceptors (Lipinski definition) is 3. The summed E-state index contributed by atoms with van der Waals surface area (Å²) < 4.78 is 5.31. The second-order valence-electron chi connectivity index (χ2n) is 4.12. The molecule has 0 aliphatic rings. The van der Waals surface area contributed by atoms with Crippen molar-refractivity contribution in [3.05, 3.63) is 58.1 Å². The van der Waals surface area contributed by atoms with Gasteiger partial charge in [0.1, 0.15) is 12.0 Å². The van der Waals surface area contributed by atoms with Crippen LogP contribution in [0.15, 0.2) is 42.5 Å². The number of para-hydroxylation sites is 1. The molecule has 1 amide bonds. The number of anilines is 1. The van der Waals surface area contributed by atoms with Crippen molar-refractivity contribution in [2.75, 3.05) is 11.9 Å². The van der Waals surface area contributed by atoms with E-state index in [2.05, 4.69) is 5.32 Å². The number of carbonyl (C=O) groups is 2. The molecule has 0 saturated carbocycles. The van der Waals surface area contributed by atoms with Gasteiger partial charge in [-0.25, -0.2) is 0 Å². The van der Waals surface area contributed by atoms with Crippen LogP contribution < -0.4 is 10.1 Å². The number of carbonyl (C=O) groups excluding carboxylic acids is 2. The molecule has 0 bridgehead atoms. The molecule has 6 heteroatoms. The fourth-order valence-electron chi connectivity index (χ4n) is 1.60. The van der Waals surface area contributed by atoms with Gasteiger partial charge in [-0.1, -0.05) is 35.3 Å². The first-order valence-corrected chi connectivity index (χ1v) is 6.77. The number of rotatable bonds is 5. The van der Waals surface area contributed by atoms with Crippen LogP contribution in [-0.4, -0.2) is 18.8 Å². The molecule has 0 radical (unpaired) electrons. The molecule has 108 valence electrons. The van der Waals surface area contributed by atoms with Crippen LogP contribution >= 0.6 is 23.2 Å². The van der Waals surface area contributed by atoms with Gasteiger partial charge in [0.05, 0.1) is 15.7 Å². The van der Waals surface area contributed by atoms with E-state index in [0.29, 0.717) is 28.3 Å². The normalized spacial score (nSPS) is 10.0. The molecule has 0 aliphatic carbocycles. The van der Waals surface area contributed by atoms with E-state index in [1.54, 1.807) is 30.3 Å².